The van der Waals surface area contributed by atoms with Gasteiger partial charge in [0.25, 0.3) is 0 Å². The fourth-order valence-electron chi connectivity index (χ4n) is 2.09. The van der Waals surface area contributed by atoms with E-state index in [0.29, 0.717) is 25.2 Å². The smallest absolute Gasteiger partial charge is 0.362 e. The molecule has 1 saturated heterocycles. The highest BCUT2D eigenvalue weighted by Gasteiger charge is 2.34. The summed E-state index contributed by atoms with van der Waals surface area (Å²) in [6.07, 6.45) is -3.93. The highest BCUT2D eigenvalue weighted by molar-refractivity contribution is 5.81. The molecule has 1 N–H and O–H groups in total. The summed E-state index contributed by atoms with van der Waals surface area (Å²) in [5, 5.41) is 11.4. The van der Waals surface area contributed by atoms with Crippen molar-refractivity contribution in [2.45, 2.75) is 12.6 Å². The molecule has 0 atom stereocenters. The average Bonchev–Trinajstić information content (AvgIpc) is 2.61. The topological polar surface area (TPSA) is 56.1 Å². The van der Waals surface area contributed by atoms with Crippen LogP contribution in [-0.4, -0.2) is 25.5 Å². The standard InChI is InChI=1S/C13H12F3N3O/c14-13(15,16)11-6-10(3-2-9(11)7-17)19-5-1-4-18-12(20)8-19/h2-3,6H,1,4-5,8H2,(H,18,20). The third-order valence-electron chi connectivity index (χ3n) is 3.06. The van der Waals surface area contributed by atoms with Crippen LogP contribution in [0.1, 0.15) is 17.5 Å². The summed E-state index contributed by atoms with van der Waals surface area (Å²) >= 11 is 0. The molecule has 1 heterocycles. The van der Waals surface area contributed by atoms with Gasteiger partial charge in [-0.05, 0) is 24.6 Å². The third-order valence-corrected chi connectivity index (χ3v) is 3.06. The maximum Gasteiger partial charge on any atom is 0.417 e. The number of carbonyl (C=O) groups excluding carboxylic acids is 1. The fraction of sp³-hybridized carbons (Fsp3) is 0.385. The van der Waals surface area contributed by atoms with Gasteiger partial charge >= 0.3 is 6.18 Å². The Morgan fingerprint density at radius 2 is 2.10 bits per heavy atom. The summed E-state index contributed by atoms with van der Waals surface area (Å²) in [6.45, 7) is 1.02. The molecule has 0 aromatic heterocycles. The van der Waals surface area contributed by atoms with E-state index in [0.717, 1.165) is 12.1 Å². The lowest BCUT2D eigenvalue weighted by molar-refractivity contribution is -0.137. The molecule has 0 unspecified atom stereocenters. The van der Waals surface area contributed by atoms with E-state index in [-0.39, 0.29) is 12.5 Å². The molecule has 0 saturated carbocycles. The molecule has 4 nitrogen and oxygen atoms in total. The minimum Gasteiger partial charge on any atom is -0.362 e. The van der Waals surface area contributed by atoms with Gasteiger partial charge in [-0.1, -0.05) is 0 Å². The van der Waals surface area contributed by atoms with Crippen LogP contribution in [0.4, 0.5) is 18.9 Å². The number of benzene rings is 1. The number of hydrogen-bond donors (Lipinski definition) is 1. The first kappa shape index (κ1) is 14.2. The van der Waals surface area contributed by atoms with Crippen molar-refractivity contribution in [3.05, 3.63) is 29.3 Å². The van der Waals surface area contributed by atoms with Crippen LogP contribution < -0.4 is 10.2 Å². The lowest BCUT2D eigenvalue weighted by Gasteiger charge is -2.22. The number of nitriles is 1. The molecule has 0 spiro atoms. The summed E-state index contributed by atoms with van der Waals surface area (Å²) in [7, 11) is 0. The number of nitrogens with zero attached hydrogens (tertiary/aromatic N) is 2. The molecule has 1 aromatic rings. The van der Waals surface area contributed by atoms with Crippen molar-refractivity contribution in [3.8, 4) is 6.07 Å². The maximum atomic E-state index is 12.9. The van der Waals surface area contributed by atoms with Crippen LogP contribution in [0.15, 0.2) is 18.2 Å². The van der Waals surface area contributed by atoms with Crippen LogP contribution >= 0.6 is 0 Å². The van der Waals surface area contributed by atoms with Gasteiger partial charge in [0.05, 0.1) is 23.7 Å². The molecule has 0 radical (unpaired) electrons. The highest BCUT2D eigenvalue weighted by atomic mass is 19.4. The van der Waals surface area contributed by atoms with Crippen molar-refractivity contribution in [1.29, 1.82) is 5.26 Å². The molecule has 1 fully saturated rings. The maximum absolute atomic E-state index is 12.9. The van der Waals surface area contributed by atoms with Crippen LogP contribution in [0, 0.1) is 11.3 Å². The average molecular weight is 283 g/mol. The molecule has 0 aliphatic carbocycles. The molecule has 0 bridgehead atoms. The first-order valence-corrected chi connectivity index (χ1v) is 6.05. The Labute approximate surface area is 113 Å². The Morgan fingerprint density at radius 3 is 2.75 bits per heavy atom. The van der Waals surface area contributed by atoms with Crippen LogP contribution in [0.5, 0.6) is 0 Å². The van der Waals surface area contributed by atoms with Crippen LogP contribution in [0.25, 0.3) is 0 Å². The van der Waals surface area contributed by atoms with Crippen molar-refractivity contribution in [1.82, 2.24) is 5.32 Å². The Kier molecular flexibility index (Phi) is 3.84. The third kappa shape index (κ3) is 3.02. The van der Waals surface area contributed by atoms with Gasteiger partial charge in [0.15, 0.2) is 0 Å². The summed E-state index contributed by atoms with van der Waals surface area (Å²) in [5.74, 6) is -0.222. The van der Waals surface area contributed by atoms with Gasteiger partial charge in [0, 0.05) is 18.8 Å². The van der Waals surface area contributed by atoms with E-state index in [1.165, 1.54) is 12.1 Å². The van der Waals surface area contributed by atoms with Gasteiger partial charge in [-0.25, -0.2) is 0 Å². The van der Waals surface area contributed by atoms with E-state index < -0.39 is 17.3 Å². The zero-order valence-corrected chi connectivity index (χ0v) is 10.5. The van der Waals surface area contributed by atoms with Gasteiger partial charge in [-0.3, -0.25) is 4.79 Å². The van der Waals surface area contributed by atoms with Gasteiger partial charge in [-0.15, -0.1) is 0 Å². The minimum atomic E-state index is -4.59. The van der Waals surface area contributed by atoms with E-state index in [1.54, 1.807) is 4.90 Å². The second kappa shape index (κ2) is 5.41. The molecular formula is C13H12F3N3O. The molecule has 2 rings (SSSR count). The Hall–Kier alpha value is -2.23. The number of carbonyl (C=O) groups is 1. The highest BCUT2D eigenvalue weighted by Crippen LogP contribution is 2.34. The molecule has 1 aromatic carbocycles. The Morgan fingerprint density at radius 1 is 1.35 bits per heavy atom. The zero-order valence-electron chi connectivity index (χ0n) is 10.5. The van der Waals surface area contributed by atoms with Crippen LogP contribution in [-0.2, 0) is 11.0 Å². The number of halogens is 3. The summed E-state index contributed by atoms with van der Waals surface area (Å²) in [4.78, 5) is 13.0. The molecule has 20 heavy (non-hydrogen) atoms. The largest absolute Gasteiger partial charge is 0.417 e. The molecule has 106 valence electrons. The lowest BCUT2D eigenvalue weighted by Crippen LogP contribution is -2.33. The summed E-state index contributed by atoms with van der Waals surface area (Å²) in [5.41, 5.74) is -1.09. The lowest BCUT2D eigenvalue weighted by atomic mass is 10.1. The first-order chi connectivity index (χ1) is 9.41. The molecule has 1 amide bonds. The zero-order chi connectivity index (χ0) is 14.8. The Balaban J connectivity index is 2.38. The van der Waals surface area contributed by atoms with Crippen molar-refractivity contribution < 1.29 is 18.0 Å². The van der Waals surface area contributed by atoms with Crippen LogP contribution in [0.2, 0.25) is 0 Å². The van der Waals surface area contributed by atoms with E-state index in [4.69, 9.17) is 5.26 Å². The molecule has 1 aliphatic rings. The number of alkyl halides is 3. The second-order valence-corrected chi connectivity index (χ2v) is 4.46. The van der Waals surface area contributed by atoms with Crippen molar-refractivity contribution in [2.24, 2.45) is 0 Å². The summed E-state index contributed by atoms with van der Waals surface area (Å²) < 4.78 is 38.7. The number of anilines is 1. The normalized spacial score (nSPS) is 16.3. The summed E-state index contributed by atoms with van der Waals surface area (Å²) in [6, 6.07) is 5.04. The van der Waals surface area contributed by atoms with Gasteiger partial charge in [-0.2, -0.15) is 18.4 Å². The second-order valence-electron chi connectivity index (χ2n) is 4.46. The SMILES string of the molecule is N#Cc1ccc(N2CCCNC(=O)C2)cc1C(F)(F)F. The number of amides is 1. The van der Waals surface area contributed by atoms with Gasteiger partial charge < -0.3 is 10.2 Å². The number of nitrogens with one attached hydrogen (secondary N) is 1. The minimum absolute atomic E-state index is 0.0171. The number of rotatable bonds is 1. The molecule has 7 heteroatoms. The van der Waals surface area contributed by atoms with Gasteiger partial charge in [0.2, 0.25) is 5.91 Å². The molecular weight excluding hydrogens is 271 g/mol. The van der Waals surface area contributed by atoms with Crippen molar-refractivity contribution >= 4 is 11.6 Å². The van der Waals surface area contributed by atoms with E-state index in [1.807, 2.05) is 0 Å². The quantitative estimate of drug-likeness (QED) is 0.856. The van der Waals surface area contributed by atoms with Crippen molar-refractivity contribution in [3.63, 3.8) is 0 Å². The predicted molar refractivity (Wildman–Crippen MR) is 66.0 cm³/mol. The number of hydrogen-bond acceptors (Lipinski definition) is 3. The first-order valence-electron chi connectivity index (χ1n) is 6.05. The van der Waals surface area contributed by atoms with E-state index in [2.05, 4.69) is 5.32 Å². The van der Waals surface area contributed by atoms with Gasteiger partial charge in [0.1, 0.15) is 0 Å². The molecule has 1 aliphatic heterocycles. The predicted octanol–water partition coefficient (Wildman–Crippen LogP) is 1.90. The van der Waals surface area contributed by atoms with E-state index in [9.17, 15) is 18.0 Å². The van der Waals surface area contributed by atoms with E-state index >= 15 is 0 Å². The fourth-order valence-corrected chi connectivity index (χ4v) is 2.09. The van der Waals surface area contributed by atoms with Crippen molar-refractivity contribution in [2.75, 3.05) is 24.5 Å². The van der Waals surface area contributed by atoms with Crippen LogP contribution in [0.3, 0.4) is 0 Å². The Bertz CT molecular complexity index is 563. The monoisotopic (exact) mass is 283 g/mol.